The Morgan fingerprint density at radius 2 is 2.23 bits per heavy atom. The lowest BCUT2D eigenvalue weighted by Gasteiger charge is -2.26. The molecule has 13 heavy (non-hydrogen) atoms. The summed E-state index contributed by atoms with van der Waals surface area (Å²) in [6, 6.07) is 0. The highest BCUT2D eigenvalue weighted by Gasteiger charge is 2.35. The second kappa shape index (κ2) is 3.42. The van der Waals surface area contributed by atoms with Gasteiger partial charge in [-0.25, -0.2) is 0 Å². The van der Waals surface area contributed by atoms with Gasteiger partial charge < -0.3 is 5.11 Å². The van der Waals surface area contributed by atoms with Gasteiger partial charge in [0.2, 0.25) is 0 Å². The van der Waals surface area contributed by atoms with Crippen molar-refractivity contribution in [2.24, 2.45) is 0 Å². The third-order valence-corrected chi connectivity index (χ3v) is 3.28. The monoisotopic (exact) mass is 244 g/mol. The van der Waals surface area contributed by atoms with Gasteiger partial charge in [-0.05, 0) is 28.8 Å². The Bertz CT molecular complexity index is 292. The third kappa shape index (κ3) is 1.53. The van der Waals surface area contributed by atoms with Crippen LogP contribution < -0.4 is 0 Å². The third-order valence-electron chi connectivity index (χ3n) is 2.87. The molecule has 0 aromatic carbocycles. The number of hydrogen-bond acceptors (Lipinski definition) is 2. The Morgan fingerprint density at radius 1 is 1.54 bits per heavy atom. The highest BCUT2D eigenvalue weighted by molar-refractivity contribution is 9.10. The van der Waals surface area contributed by atoms with Crippen LogP contribution in [-0.4, -0.2) is 21.5 Å². The van der Waals surface area contributed by atoms with E-state index in [-0.39, 0.29) is 12.1 Å². The molecule has 72 valence electrons. The molecule has 1 aromatic heterocycles. The van der Waals surface area contributed by atoms with Crippen LogP contribution in [0, 0.1) is 0 Å². The summed E-state index contributed by atoms with van der Waals surface area (Å²) in [6.45, 7) is 0.196. The molecule has 1 heterocycles. The molecular weight excluding hydrogens is 232 g/mol. The topological polar surface area (TPSA) is 38.0 Å². The van der Waals surface area contributed by atoms with Crippen molar-refractivity contribution in [2.45, 2.75) is 31.2 Å². The first-order valence-corrected chi connectivity index (χ1v) is 5.38. The van der Waals surface area contributed by atoms with Gasteiger partial charge in [-0.2, -0.15) is 5.10 Å². The molecule has 0 atom stereocenters. The standard InChI is InChI=1S/C9H13BrN2O/c10-8-5-11-12(6-8)9(7-13)3-1-2-4-9/h5-6,13H,1-4,7H2. The van der Waals surface area contributed by atoms with E-state index in [1.165, 1.54) is 12.8 Å². The smallest absolute Gasteiger partial charge is 0.0857 e. The zero-order valence-electron chi connectivity index (χ0n) is 7.41. The van der Waals surface area contributed by atoms with Gasteiger partial charge >= 0.3 is 0 Å². The minimum absolute atomic E-state index is 0.119. The molecule has 0 saturated heterocycles. The predicted octanol–water partition coefficient (Wildman–Crippen LogP) is 1.91. The number of aliphatic hydroxyl groups excluding tert-OH is 1. The van der Waals surface area contributed by atoms with E-state index in [0.29, 0.717) is 0 Å². The maximum Gasteiger partial charge on any atom is 0.0857 e. The maximum atomic E-state index is 9.40. The molecular formula is C9H13BrN2O. The molecule has 0 radical (unpaired) electrons. The average molecular weight is 245 g/mol. The molecule has 1 aromatic rings. The first-order valence-electron chi connectivity index (χ1n) is 4.58. The van der Waals surface area contributed by atoms with Crippen LogP contribution in [0.2, 0.25) is 0 Å². The van der Waals surface area contributed by atoms with Crippen LogP contribution in [-0.2, 0) is 5.54 Å². The predicted molar refractivity (Wildman–Crippen MR) is 53.5 cm³/mol. The molecule has 0 spiro atoms. The van der Waals surface area contributed by atoms with Crippen molar-refractivity contribution in [3.63, 3.8) is 0 Å². The normalized spacial score (nSPS) is 20.8. The molecule has 0 aliphatic heterocycles. The Hall–Kier alpha value is -0.350. The number of rotatable bonds is 2. The highest BCUT2D eigenvalue weighted by Crippen LogP contribution is 2.36. The fourth-order valence-electron chi connectivity index (χ4n) is 2.05. The maximum absolute atomic E-state index is 9.40. The van der Waals surface area contributed by atoms with Crippen molar-refractivity contribution in [1.29, 1.82) is 0 Å². The number of aliphatic hydroxyl groups is 1. The summed E-state index contributed by atoms with van der Waals surface area (Å²) in [4.78, 5) is 0. The summed E-state index contributed by atoms with van der Waals surface area (Å²) in [5, 5.41) is 13.7. The summed E-state index contributed by atoms with van der Waals surface area (Å²) in [5.41, 5.74) is -0.119. The summed E-state index contributed by atoms with van der Waals surface area (Å²) >= 11 is 3.37. The Labute approximate surface area is 85.9 Å². The van der Waals surface area contributed by atoms with Crippen LogP contribution in [0.5, 0.6) is 0 Å². The summed E-state index contributed by atoms with van der Waals surface area (Å²) in [7, 11) is 0. The molecule has 1 saturated carbocycles. The molecule has 0 amide bonds. The molecule has 0 unspecified atom stereocenters. The van der Waals surface area contributed by atoms with Crippen molar-refractivity contribution in [2.75, 3.05) is 6.61 Å². The molecule has 3 nitrogen and oxygen atoms in total. The molecule has 1 aliphatic carbocycles. The minimum Gasteiger partial charge on any atom is -0.394 e. The SMILES string of the molecule is OCC1(n2cc(Br)cn2)CCCC1. The zero-order valence-corrected chi connectivity index (χ0v) is 9.00. The van der Waals surface area contributed by atoms with Gasteiger partial charge in [-0.1, -0.05) is 12.8 Å². The lowest BCUT2D eigenvalue weighted by molar-refractivity contribution is 0.124. The van der Waals surface area contributed by atoms with E-state index in [9.17, 15) is 5.11 Å². The van der Waals surface area contributed by atoms with Crippen molar-refractivity contribution in [1.82, 2.24) is 9.78 Å². The van der Waals surface area contributed by atoms with Crippen LogP contribution in [0.25, 0.3) is 0 Å². The van der Waals surface area contributed by atoms with Gasteiger partial charge in [0, 0.05) is 6.20 Å². The van der Waals surface area contributed by atoms with Crippen molar-refractivity contribution in [3.05, 3.63) is 16.9 Å². The number of aromatic nitrogens is 2. The molecule has 0 bridgehead atoms. The van der Waals surface area contributed by atoms with E-state index in [2.05, 4.69) is 21.0 Å². The van der Waals surface area contributed by atoms with E-state index in [1.807, 2.05) is 10.9 Å². The van der Waals surface area contributed by atoms with Crippen LogP contribution in [0.1, 0.15) is 25.7 Å². The van der Waals surface area contributed by atoms with Gasteiger partial charge in [0.05, 0.1) is 22.8 Å². The largest absolute Gasteiger partial charge is 0.394 e. The van der Waals surface area contributed by atoms with Gasteiger partial charge in [-0.15, -0.1) is 0 Å². The molecule has 1 aliphatic rings. The highest BCUT2D eigenvalue weighted by atomic mass is 79.9. The zero-order chi connectivity index (χ0) is 9.31. The summed E-state index contributed by atoms with van der Waals surface area (Å²) in [6.07, 6.45) is 8.18. The molecule has 2 rings (SSSR count). The quantitative estimate of drug-likeness (QED) is 0.864. The summed E-state index contributed by atoms with van der Waals surface area (Å²) in [5.74, 6) is 0. The van der Waals surface area contributed by atoms with Gasteiger partial charge in [0.15, 0.2) is 0 Å². The molecule has 1 N–H and O–H groups in total. The second-order valence-corrected chi connectivity index (χ2v) is 4.61. The van der Waals surface area contributed by atoms with E-state index >= 15 is 0 Å². The van der Waals surface area contributed by atoms with Crippen molar-refractivity contribution < 1.29 is 5.11 Å². The first-order chi connectivity index (χ1) is 6.27. The van der Waals surface area contributed by atoms with Crippen LogP contribution in [0.15, 0.2) is 16.9 Å². The van der Waals surface area contributed by atoms with Gasteiger partial charge in [0.25, 0.3) is 0 Å². The van der Waals surface area contributed by atoms with Crippen molar-refractivity contribution >= 4 is 15.9 Å². The Balaban J connectivity index is 2.30. The number of hydrogen-bond donors (Lipinski definition) is 1. The minimum atomic E-state index is -0.119. The molecule has 1 fully saturated rings. The van der Waals surface area contributed by atoms with Crippen LogP contribution in [0.3, 0.4) is 0 Å². The average Bonchev–Trinajstić information content (AvgIpc) is 2.73. The van der Waals surface area contributed by atoms with Gasteiger partial charge in [-0.3, -0.25) is 4.68 Å². The van der Waals surface area contributed by atoms with Gasteiger partial charge in [0.1, 0.15) is 0 Å². The fourth-order valence-corrected chi connectivity index (χ4v) is 2.34. The number of halogens is 1. The first kappa shape index (κ1) is 9.21. The van der Waals surface area contributed by atoms with E-state index in [0.717, 1.165) is 17.3 Å². The van der Waals surface area contributed by atoms with E-state index < -0.39 is 0 Å². The van der Waals surface area contributed by atoms with E-state index in [4.69, 9.17) is 0 Å². The number of nitrogens with zero attached hydrogens (tertiary/aromatic N) is 2. The fraction of sp³-hybridized carbons (Fsp3) is 0.667. The van der Waals surface area contributed by atoms with Crippen molar-refractivity contribution in [3.8, 4) is 0 Å². The van der Waals surface area contributed by atoms with Crippen LogP contribution >= 0.6 is 15.9 Å². The second-order valence-electron chi connectivity index (χ2n) is 3.69. The molecule has 4 heteroatoms. The Morgan fingerprint density at radius 3 is 2.69 bits per heavy atom. The Kier molecular flexibility index (Phi) is 2.43. The van der Waals surface area contributed by atoms with Crippen LogP contribution in [0.4, 0.5) is 0 Å². The lowest BCUT2D eigenvalue weighted by atomic mass is 10.00. The van der Waals surface area contributed by atoms with E-state index in [1.54, 1.807) is 6.20 Å². The lowest BCUT2D eigenvalue weighted by Crippen LogP contribution is -2.34. The summed E-state index contributed by atoms with van der Waals surface area (Å²) < 4.78 is 2.89.